The van der Waals surface area contributed by atoms with E-state index in [1.54, 1.807) is 0 Å². The van der Waals surface area contributed by atoms with Crippen LogP contribution in [0.1, 0.15) is 70.9 Å². The predicted octanol–water partition coefficient (Wildman–Crippen LogP) is 6.15. The summed E-state index contributed by atoms with van der Waals surface area (Å²) in [5.74, 6) is 1.87. The van der Waals surface area contributed by atoms with Crippen molar-refractivity contribution in [1.29, 1.82) is 0 Å². The average molecular weight is 419 g/mol. The molecular formula is C25H34N6. The molecule has 0 radical (unpaired) electrons. The van der Waals surface area contributed by atoms with Gasteiger partial charge in [0.25, 0.3) is 0 Å². The van der Waals surface area contributed by atoms with Crippen molar-refractivity contribution in [2.24, 2.45) is 0 Å². The Bertz CT molecular complexity index is 993. The first-order chi connectivity index (χ1) is 15.1. The zero-order chi connectivity index (χ0) is 21.6. The van der Waals surface area contributed by atoms with E-state index in [1.807, 2.05) is 0 Å². The number of nitrogens with one attached hydrogen (secondary N) is 3. The SMILES string of the molecule is CC[C@@H](C)Nc1nc(NC2CCCCC2)nc(N[C@@H](C)c2cccc3ccccc23)n1. The molecule has 1 aromatic heterocycles. The number of hydrogen-bond donors (Lipinski definition) is 3. The molecule has 0 aliphatic heterocycles. The molecular weight excluding hydrogens is 384 g/mol. The van der Waals surface area contributed by atoms with Gasteiger partial charge in [0.1, 0.15) is 0 Å². The van der Waals surface area contributed by atoms with Gasteiger partial charge in [-0.25, -0.2) is 0 Å². The maximum atomic E-state index is 4.72. The van der Waals surface area contributed by atoms with E-state index in [9.17, 15) is 0 Å². The molecule has 2 aromatic carbocycles. The van der Waals surface area contributed by atoms with E-state index in [0.29, 0.717) is 29.9 Å². The molecule has 4 rings (SSSR count). The Morgan fingerprint density at radius 1 is 0.839 bits per heavy atom. The second-order valence-corrected chi connectivity index (χ2v) is 8.67. The monoisotopic (exact) mass is 418 g/mol. The Hall–Kier alpha value is -2.89. The third-order valence-corrected chi connectivity index (χ3v) is 6.20. The van der Waals surface area contributed by atoms with Crippen molar-refractivity contribution in [1.82, 2.24) is 15.0 Å². The van der Waals surface area contributed by atoms with Crippen LogP contribution in [0.25, 0.3) is 10.8 Å². The minimum atomic E-state index is 0.0625. The summed E-state index contributed by atoms with van der Waals surface area (Å²) >= 11 is 0. The van der Waals surface area contributed by atoms with Gasteiger partial charge in [-0.2, -0.15) is 15.0 Å². The highest BCUT2D eigenvalue weighted by Gasteiger charge is 2.17. The van der Waals surface area contributed by atoms with E-state index in [2.05, 4.69) is 89.2 Å². The molecule has 0 spiro atoms. The molecule has 0 amide bonds. The number of fused-ring (bicyclic) bond motifs is 1. The predicted molar refractivity (Wildman–Crippen MR) is 130 cm³/mol. The Morgan fingerprint density at radius 2 is 1.52 bits per heavy atom. The highest BCUT2D eigenvalue weighted by atomic mass is 15.3. The fourth-order valence-electron chi connectivity index (χ4n) is 4.22. The molecule has 1 heterocycles. The van der Waals surface area contributed by atoms with Gasteiger partial charge in [0.2, 0.25) is 17.8 Å². The average Bonchev–Trinajstić information content (AvgIpc) is 2.79. The minimum Gasteiger partial charge on any atom is -0.352 e. The smallest absolute Gasteiger partial charge is 0.229 e. The second-order valence-electron chi connectivity index (χ2n) is 8.67. The number of nitrogens with zero attached hydrogens (tertiary/aromatic N) is 3. The zero-order valence-electron chi connectivity index (χ0n) is 18.9. The van der Waals surface area contributed by atoms with Gasteiger partial charge in [-0.05, 0) is 49.4 Å². The molecule has 0 saturated heterocycles. The van der Waals surface area contributed by atoms with Crippen molar-refractivity contribution in [3.8, 4) is 0 Å². The number of hydrogen-bond acceptors (Lipinski definition) is 6. The summed E-state index contributed by atoms with van der Waals surface area (Å²) in [5, 5.41) is 13.0. The molecule has 0 bridgehead atoms. The highest BCUT2D eigenvalue weighted by molar-refractivity contribution is 5.86. The lowest BCUT2D eigenvalue weighted by Crippen LogP contribution is -2.25. The molecule has 3 aromatic rings. The molecule has 0 unspecified atom stereocenters. The van der Waals surface area contributed by atoms with Gasteiger partial charge in [-0.3, -0.25) is 0 Å². The normalized spacial score (nSPS) is 16.6. The molecule has 1 saturated carbocycles. The van der Waals surface area contributed by atoms with Crippen LogP contribution in [0.3, 0.4) is 0 Å². The van der Waals surface area contributed by atoms with E-state index in [4.69, 9.17) is 4.98 Å². The molecule has 3 N–H and O–H groups in total. The fourth-order valence-corrected chi connectivity index (χ4v) is 4.22. The maximum absolute atomic E-state index is 4.72. The van der Waals surface area contributed by atoms with Crippen LogP contribution < -0.4 is 16.0 Å². The van der Waals surface area contributed by atoms with Gasteiger partial charge in [0.15, 0.2) is 0 Å². The largest absolute Gasteiger partial charge is 0.352 e. The molecule has 164 valence electrons. The molecule has 31 heavy (non-hydrogen) atoms. The third kappa shape index (κ3) is 5.43. The number of aromatic nitrogens is 3. The molecule has 2 atom stereocenters. The van der Waals surface area contributed by atoms with Gasteiger partial charge in [-0.15, -0.1) is 0 Å². The first kappa shape index (κ1) is 21.3. The lowest BCUT2D eigenvalue weighted by atomic mass is 9.96. The summed E-state index contributed by atoms with van der Waals surface area (Å²) in [4.78, 5) is 14.1. The summed E-state index contributed by atoms with van der Waals surface area (Å²) in [7, 11) is 0. The van der Waals surface area contributed by atoms with Crippen LogP contribution in [0.15, 0.2) is 42.5 Å². The minimum absolute atomic E-state index is 0.0625. The number of benzene rings is 2. The van der Waals surface area contributed by atoms with E-state index in [0.717, 1.165) is 6.42 Å². The van der Waals surface area contributed by atoms with E-state index in [-0.39, 0.29) is 6.04 Å². The first-order valence-corrected chi connectivity index (χ1v) is 11.7. The number of rotatable bonds is 8. The molecule has 6 nitrogen and oxygen atoms in total. The topological polar surface area (TPSA) is 74.8 Å². The molecule has 1 fully saturated rings. The molecule has 6 heteroatoms. The Labute approximate surface area is 185 Å². The Balaban J connectivity index is 1.59. The zero-order valence-corrected chi connectivity index (χ0v) is 18.9. The summed E-state index contributed by atoms with van der Waals surface area (Å²) in [5.41, 5.74) is 1.23. The molecule has 1 aliphatic rings. The second kappa shape index (κ2) is 9.94. The van der Waals surface area contributed by atoms with Crippen LogP contribution in [0.2, 0.25) is 0 Å². The maximum Gasteiger partial charge on any atom is 0.229 e. The van der Waals surface area contributed by atoms with Crippen molar-refractivity contribution < 1.29 is 0 Å². The van der Waals surface area contributed by atoms with Crippen molar-refractivity contribution >= 4 is 28.6 Å². The van der Waals surface area contributed by atoms with Gasteiger partial charge in [0, 0.05) is 12.1 Å². The Kier molecular flexibility index (Phi) is 6.85. The first-order valence-electron chi connectivity index (χ1n) is 11.7. The lowest BCUT2D eigenvalue weighted by Gasteiger charge is -2.23. The van der Waals surface area contributed by atoms with Crippen LogP contribution >= 0.6 is 0 Å². The fraction of sp³-hybridized carbons (Fsp3) is 0.480. The van der Waals surface area contributed by atoms with Crippen molar-refractivity contribution in [2.45, 2.75) is 77.4 Å². The summed E-state index contributed by atoms with van der Waals surface area (Å²) in [6, 6.07) is 15.7. The third-order valence-electron chi connectivity index (χ3n) is 6.20. The summed E-state index contributed by atoms with van der Waals surface area (Å²) in [6.07, 6.45) is 7.22. The lowest BCUT2D eigenvalue weighted by molar-refractivity contribution is 0.461. The molecule has 1 aliphatic carbocycles. The van der Waals surface area contributed by atoms with Crippen LogP contribution in [0, 0.1) is 0 Å². The van der Waals surface area contributed by atoms with Crippen LogP contribution in [0.4, 0.5) is 17.8 Å². The van der Waals surface area contributed by atoms with Crippen molar-refractivity contribution in [3.05, 3.63) is 48.0 Å². The van der Waals surface area contributed by atoms with Gasteiger partial charge in [-0.1, -0.05) is 68.7 Å². The van der Waals surface area contributed by atoms with E-state index >= 15 is 0 Å². The van der Waals surface area contributed by atoms with Crippen LogP contribution in [-0.2, 0) is 0 Å². The van der Waals surface area contributed by atoms with Gasteiger partial charge < -0.3 is 16.0 Å². The van der Waals surface area contributed by atoms with Crippen molar-refractivity contribution in [2.75, 3.05) is 16.0 Å². The number of anilines is 3. The van der Waals surface area contributed by atoms with Crippen LogP contribution in [-0.4, -0.2) is 27.0 Å². The van der Waals surface area contributed by atoms with E-state index in [1.165, 1.54) is 48.4 Å². The Morgan fingerprint density at radius 3 is 2.29 bits per heavy atom. The summed E-state index contributed by atoms with van der Waals surface area (Å²) in [6.45, 7) is 6.45. The quantitative estimate of drug-likeness (QED) is 0.407. The van der Waals surface area contributed by atoms with Gasteiger partial charge in [0.05, 0.1) is 6.04 Å². The van der Waals surface area contributed by atoms with Crippen molar-refractivity contribution in [3.63, 3.8) is 0 Å². The van der Waals surface area contributed by atoms with E-state index < -0.39 is 0 Å². The summed E-state index contributed by atoms with van der Waals surface area (Å²) < 4.78 is 0. The highest BCUT2D eigenvalue weighted by Crippen LogP contribution is 2.27. The van der Waals surface area contributed by atoms with Crippen LogP contribution in [0.5, 0.6) is 0 Å². The standard InChI is InChI=1S/C25H34N6/c1-4-17(2)26-23-29-24(31-25(30-23)28-20-13-6-5-7-14-20)27-18(3)21-16-10-12-19-11-8-9-15-22(19)21/h8-12,15-18,20H,4-7,13-14H2,1-3H3,(H3,26,27,28,29,30,31)/t17-,18+/m1/s1. The van der Waals surface area contributed by atoms with Gasteiger partial charge >= 0.3 is 0 Å².